The van der Waals surface area contributed by atoms with E-state index < -0.39 is 9.15 Å². The van der Waals surface area contributed by atoms with Crippen LogP contribution in [0.15, 0.2) is 0 Å². The second kappa shape index (κ2) is 5.92. The molecule has 7 heteroatoms. The molecule has 40 valence electrons. The van der Waals surface area contributed by atoms with E-state index >= 15 is 0 Å². The van der Waals surface area contributed by atoms with Gasteiger partial charge in [0.2, 0.25) is 0 Å². The van der Waals surface area contributed by atoms with Crippen LogP contribution in [0, 0.1) is 0 Å². The van der Waals surface area contributed by atoms with Crippen LogP contribution < -0.4 is 0 Å². The molecule has 0 aromatic rings. The fraction of sp³-hybridized carbons (Fsp3) is 0. The predicted molar refractivity (Wildman–Crippen MR) is 37.6 cm³/mol. The van der Waals surface area contributed by atoms with Crippen molar-refractivity contribution in [3.63, 3.8) is 0 Å². The predicted octanol–water partition coefficient (Wildman–Crippen LogP) is -2.11. The van der Waals surface area contributed by atoms with Crippen LogP contribution >= 0.6 is 11.7 Å². The molecule has 0 bridgehead atoms. The molecule has 0 aliphatic carbocycles. The van der Waals surface area contributed by atoms with Gasteiger partial charge in [0.05, 0.1) is 0 Å². The number of rotatable bonds is 0. The van der Waals surface area contributed by atoms with Crippen molar-refractivity contribution in [3.05, 3.63) is 0 Å². The van der Waals surface area contributed by atoms with Crippen LogP contribution in [0.25, 0.3) is 0 Å². The molecule has 7 heavy (non-hydrogen) atoms. The quantitative estimate of drug-likeness (QED) is 0.188. The molecule has 0 aliphatic rings. The summed E-state index contributed by atoms with van der Waals surface area (Å²) in [4.78, 5) is 0. The van der Waals surface area contributed by atoms with Gasteiger partial charge in [-0.3, -0.25) is 4.55 Å². The van der Waals surface area contributed by atoms with Gasteiger partial charge in [-0.1, -0.05) is 0 Å². The molecule has 0 atom stereocenters. The zero-order valence-corrected chi connectivity index (χ0v) is 3.83. The van der Waals surface area contributed by atoms with Gasteiger partial charge in [0.1, 0.15) is 0 Å². The summed E-state index contributed by atoms with van der Waals surface area (Å²) in [6.07, 6.45) is 0. The third-order valence-electron chi connectivity index (χ3n) is 0. The first-order chi connectivity index (χ1) is 2.00. The molecule has 0 aromatic carbocycles. The zero-order valence-electron chi connectivity index (χ0n) is 2.12. The molecule has 0 aromatic heterocycles. The van der Waals surface area contributed by atoms with E-state index in [-0.39, 0.29) is 46.9 Å². The van der Waals surface area contributed by atoms with Crippen LogP contribution in [-0.2, 0) is 9.15 Å². The summed E-state index contributed by atoms with van der Waals surface area (Å²) in [5.41, 5.74) is 0. The van der Waals surface area contributed by atoms with Gasteiger partial charge in [0, 0.05) is 0 Å². The summed E-state index contributed by atoms with van der Waals surface area (Å²) in [6, 6.07) is 0. The second-order valence-corrected chi connectivity index (χ2v) is 2.73. The summed E-state index contributed by atoms with van der Waals surface area (Å²) in [5.74, 6) is 0. The number of thiol groups is 1. The molecule has 0 unspecified atom stereocenters. The summed E-state index contributed by atoms with van der Waals surface area (Å²) in [6.45, 7) is 0. The second-order valence-electron chi connectivity index (χ2n) is 0.448. The first-order valence-electron chi connectivity index (χ1n) is 0.698. The van der Waals surface area contributed by atoms with Crippen LogP contribution in [0.1, 0.15) is 0 Å². The van der Waals surface area contributed by atoms with E-state index in [2.05, 4.69) is 11.7 Å². The number of hydrogen-bond acceptors (Lipinski definition) is 2. The topological polar surface area (TPSA) is 54.4 Å². The van der Waals surface area contributed by atoms with Gasteiger partial charge in [-0.15, -0.1) is 0 Å². The Hall–Kier alpha value is 1.79. The number of hydrogen-bond donors (Lipinski definition) is 2. The van der Waals surface area contributed by atoms with E-state index in [1.807, 2.05) is 0 Å². The zero-order chi connectivity index (χ0) is 4.50. The van der Waals surface area contributed by atoms with Gasteiger partial charge in [-0.25, -0.2) is 0 Å². The first-order valence-corrected chi connectivity index (χ1v) is 3.19. The van der Waals surface area contributed by atoms with Crippen LogP contribution in [-0.4, -0.2) is 59.9 Å². The van der Waals surface area contributed by atoms with Crippen molar-refractivity contribution in [2.45, 2.75) is 0 Å². The maximum atomic E-state index is 9.05. The molecule has 0 spiro atoms. The van der Waals surface area contributed by atoms with E-state index in [0.717, 1.165) is 0 Å². The van der Waals surface area contributed by atoms with Crippen molar-refractivity contribution in [2.75, 3.05) is 0 Å². The van der Waals surface area contributed by atoms with Crippen molar-refractivity contribution in [1.29, 1.82) is 0 Å². The van der Waals surface area contributed by atoms with Gasteiger partial charge >= 0.3 is 38.7 Å². The molecule has 0 aliphatic heterocycles. The average Bonchev–Trinajstić information content (AvgIpc) is 0.722. The monoisotopic (exact) mass is 168 g/mol. The summed E-state index contributed by atoms with van der Waals surface area (Å²) in [7, 11) is -3.97. The molecule has 3 nitrogen and oxygen atoms in total. The Morgan fingerprint density at radius 1 is 1.43 bits per heavy atom. The molecule has 1 N–H and O–H groups in total. The normalized spacial score (nSPS) is 8.29. The van der Waals surface area contributed by atoms with Crippen LogP contribution in [0.4, 0.5) is 0 Å². The molecule has 0 saturated heterocycles. The SMILES string of the molecule is O=S(=O)(O)S.[AlH3].[NaH]. The standard InChI is InChI=1S/Al.Na.H2O3S2.4H/c;;1-5(2,3)4;;;;/h;;(H2,1,2,3,4);;;;. The Morgan fingerprint density at radius 3 is 1.43 bits per heavy atom. The van der Waals surface area contributed by atoms with Crippen molar-refractivity contribution in [2.24, 2.45) is 0 Å². The molecular weight excluding hydrogens is 162 g/mol. The van der Waals surface area contributed by atoms with Gasteiger partial charge in [-0.2, -0.15) is 8.42 Å². The molecule has 0 rings (SSSR count). The third-order valence-corrected chi connectivity index (χ3v) is 0. The van der Waals surface area contributed by atoms with Gasteiger partial charge in [-0.05, 0) is 11.7 Å². The van der Waals surface area contributed by atoms with E-state index in [1.54, 1.807) is 0 Å². The molecule has 0 radical (unpaired) electrons. The Balaban J connectivity index is -0.0000000800. The van der Waals surface area contributed by atoms with Gasteiger partial charge < -0.3 is 0 Å². The van der Waals surface area contributed by atoms with Crippen LogP contribution in [0.5, 0.6) is 0 Å². The van der Waals surface area contributed by atoms with Gasteiger partial charge in [0.15, 0.2) is 17.4 Å². The first kappa shape index (κ1) is 15.9. The Morgan fingerprint density at radius 2 is 1.43 bits per heavy atom. The fourth-order valence-corrected chi connectivity index (χ4v) is 0. The van der Waals surface area contributed by atoms with Crippen molar-refractivity contribution in [3.8, 4) is 0 Å². The minimum atomic E-state index is -3.97. The summed E-state index contributed by atoms with van der Waals surface area (Å²) < 4.78 is 25.5. The Kier molecular flexibility index (Phi) is 13.5. The molecule has 0 amide bonds. The Labute approximate surface area is 79.8 Å². The Bertz CT molecular complexity index is 96.1. The van der Waals surface area contributed by atoms with Crippen LogP contribution in [0.3, 0.4) is 0 Å². The van der Waals surface area contributed by atoms with Crippen molar-refractivity contribution >= 4 is 67.7 Å². The van der Waals surface area contributed by atoms with Crippen molar-refractivity contribution in [1.82, 2.24) is 0 Å². The third kappa shape index (κ3) is 81.4. The van der Waals surface area contributed by atoms with Gasteiger partial charge in [0.25, 0.3) is 0 Å². The van der Waals surface area contributed by atoms with E-state index in [4.69, 9.17) is 13.0 Å². The van der Waals surface area contributed by atoms with E-state index in [0.29, 0.717) is 0 Å². The fourth-order valence-electron chi connectivity index (χ4n) is 0. The van der Waals surface area contributed by atoms with E-state index in [1.165, 1.54) is 0 Å². The minimum absolute atomic E-state index is 0. The van der Waals surface area contributed by atoms with Crippen LogP contribution in [0.2, 0.25) is 0 Å². The summed E-state index contributed by atoms with van der Waals surface area (Å²) in [5, 5.41) is 0. The molecule has 0 heterocycles. The average molecular weight is 168 g/mol. The maximum absolute atomic E-state index is 9.05. The van der Waals surface area contributed by atoms with Crippen molar-refractivity contribution < 1.29 is 13.0 Å². The molecular formula is H6AlNaO3S2. The molecule has 0 saturated carbocycles. The molecule has 0 fully saturated rings. The van der Waals surface area contributed by atoms with E-state index in [9.17, 15) is 0 Å². The summed E-state index contributed by atoms with van der Waals surface area (Å²) >= 11 is 2.65.